The van der Waals surface area contributed by atoms with E-state index in [-0.39, 0.29) is 69.4 Å². The van der Waals surface area contributed by atoms with Crippen molar-refractivity contribution in [2.75, 3.05) is 16.8 Å². The van der Waals surface area contributed by atoms with Gasteiger partial charge >= 0.3 is 20.2 Å². The van der Waals surface area contributed by atoms with Gasteiger partial charge in [-0.05, 0) is 107 Å². The number of benzene rings is 3. The molecule has 16 nitrogen and oxygen atoms in total. The number of phosphoric ester groups is 1. The van der Waals surface area contributed by atoms with E-state index in [1.54, 1.807) is 0 Å². The normalized spacial score (nSPS) is 17.6. The molecule has 1 saturated carbocycles. The largest absolute Gasteiger partial charge is 0.524 e. The zero-order valence-electron chi connectivity index (χ0n) is 44.7. The quantitative estimate of drug-likeness (QED) is 0.0480. The molecule has 3 aromatic carbocycles. The molecule has 2 aliphatic rings. The fourth-order valence-electron chi connectivity index (χ4n) is 10.6. The Labute approximate surface area is 469 Å². The molecule has 2 aliphatic carbocycles. The van der Waals surface area contributed by atoms with Gasteiger partial charge in [0, 0.05) is 52.1 Å². The number of sulfone groups is 1. The first-order chi connectivity index (χ1) is 37.6. The van der Waals surface area contributed by atoms with Gasteiger partial charge in [0.05, 0.1) is 45.2 Å². The lowest BCUT2D eigenvalue weighted by Crippen LogP contribution is -2.45. The number of phosphoric acid groups is 1. The summed E-state index contributed by atoms with van der Waals surface area (Å²) in [6.45, 7) is 4.10. The zero-order chi connectivity index (χ0) is 60.8. The Morgan fingerprint density at radius 3 is 2.12 bits per heavy atom. The van der Waals surface area contributed by atoms with Crippen molar-refractivity contribution in [3.8, 4) is 16.9 Å². The average Bonchev–Trinajstić information content (AvgIpc) is 3.74. The first-order valence-electron chi connectivity index (χ1n) is 25.2. The van der Waals surface area contributed by atoms with Gasteiger partial charge in [-0.2, -0.15) is 49.6 Å². The Hall–Kier alpha value is -5.64. The number of para-hydroxylation sites is 1. The molecule has 1 fully saturated rings. The molecule has 30 heteroatoms. The maximum absolute atomic E-state index is 16.1. The van der Waals surface area contributed by atoms with Crippen molar-refractivity contribution < 1.29 is 84.4 Å². The molecule has 3 aromatic heterocycles. The maximum Gasteiger partial charge on any atom is 0.524 e. The van der Waals surface area contributed by atoms with Gasteiger partial charge in [0.15, 0.2) is 21.3 Å². The number of fused-ring (bicyclic) bond motifs is 4. The Kier molecular flexibility index (Phi) is 16.6. The van der Waals surface area contributed by atoms with Crippen LogP contribution in [0, 0.1) is 23.0 Å². The van der Waals surface area contributed by atoms with Gasteiger partial charge in [0.1, 0.15) is 29.6 Å². The summed E-state index contributed by atoms with van der Waals surface area (Å²) in [5, 5.41) is 9.89. The van der Waals surface area contributed by atoms with Gasteiger partial charge in [-0.3, -0.25) is 28.9 Å². The first kappa shape index (κ1) is 62.4. The molecule has 0 radical (unpaired) electrons. The Balaban J connectivity index is 1.34. The number of carbonyl (C=O) groups excluding carboxylic acids is 1. The van der Waals surface area contributed by atoms with Gasteiger partial charge in [0.2, 0.25) is 15.9 Å². The maximum atomic E-state index is 16.1. The van der Waals surface area contributed by atoms with Gasteiger partial charge in [-0.25, -0.2) is 30.2 Å². The van der Waals surface area contributed by atoms with Gasteiger partial charge in [-0.15, -0.1) is 0 Å². The van der Waals surface area contributed by atoms with Gasteiger partial charge < -0.3 is 9.84 Å². The fraction of sp³-hybridized carbons (Fsp3) is 0.462. The van der Waals surface area contributed by atoms with Crippen molar-refractivity contribution in [3.05, 3.63) is 123 Å². The lowest BCUT2D eigenvalue weighted by Gasteiger charge is -2.34. The monoisotopic (exact) mass is 1240 g/mol. The number of pyridine rings is 1. The summed E-state index contributed by atoms with van der Waals surface area (Å²) in [4.78, 5) is 38.9. The number of amides is 1. The number of hydrogen-bond acceptors (Lipinski definition) is 11. The summed E-state index contributed by atoms with van der Waals surface area (Å²) in [5.41, 5.74) is -6.05. The highest BCUT2D eigenvalue weighted by molar-refractivity contribution is 7.93. The second-order valence-electron chi connectivity index (χ2n) is 22.1. The van der Waals surface area contributed by atoms with Crippen LogP contribution in [-0.2, 0) is 73.7 Å². The van der Waals surface area contributed by atoms with E-state index in [0.717, 1.165) is 24.5 Å². The van der Waals surface area contributed by atoms with E-state index >= 15 is 17.6 Å². The number of hydrogen-bond donors (Lipinski definition) is 3. The third kappa shape index (κ3) is 12.9. The molecule has 0 saturated heterocycles. The Morgan fingerprint density at radius 1 is 0.915 bits per heavy atom. The molecule has 0 bridgehead atoms. The Bertz CT molecular complexity index is 3760. The van der Waals surface area contributed by atoms with E-state index in [2.05, 4.69) is 15.5 Å². The lowest BCUT2D eigenvalue weighted by molar-refractivity contribution is -0.143. The SMILES string of the molecule is CC(Cn1nc(C(F)(F)F)c2c1C(F)(F)[C@@H]1CCC21)N[C@@H](Cc1cc(F)cc(F)c1)c1nc(CCC(C)(C)S(C)(=O)=O)ccc1-c1ccc(Cl)c2c(N(C(=O)C(C)(C)Cc3ccccc3OP(=O)(O)O)S(C)(=O)=O)nn(CC(F)(F)F)c12. The number of aromatic nitrogens is 5. The topological polar surface area (TPSA) is 216 Å². The number of aryl methyl sites for hydroxylation is 1. The number of nitrogens with zero attached hydrogens (tertiary/aromatic N) is 6. The van der Waals surface area contributed by atoms with Crippen molar-refractivity contribution >= 4 is 61.9 Å². The molecule has 3 N–H and O–H groups in total. The lowest BCUT2D eigenvalue weighted by atomic mass is 9.73. The predicted molar refractivity (Wildman–Crippen MR) is 282 cm³/mol. The number of carbonyl (C=O) groups is 1. The first-order valence-corrected chi connectivity index (χ1v) is 30.8. The molecular formula is C52H55ClF10N7O9PS2. The van der Waals surface area contributed by atoms with Crippen molar-refractivity contribution in [2.24, 2.45) is 11.3 Å². The summed E-state index contributed by atoms with van der Waals surface area (Å²) in [6.07, 6.45) is -9.87. The van der Waals surface area contributed by atoms with Crippen LogP contribution in [0.3, 0.4) is 0 Å². The summed E-state index contributed by atoms with van der Waals surface area (Å²) < 4.78 is 221. The van der Waals surface area contributed by atoms with Crippen LogP contribution < -0.4 is 14.1 Å². The molecule has 8 rings (SSSR count). The number of nitrogens with one attached hydrogen (secondary N) is 1. The van der Waals surface area contributed by atoms with E-state index in [0.29, 0.717) is 21.7 Å². The molecule has 82 heavy (non-hydrogen) atoms. The van der Waals surface area contributed by atoms with Crippen LogP contribution in [0.5, 0.6) is 5.75 Å². The summed E-state index contributed by atoms with van der Waals surface area (Å²) >= 11 is 6.84. The number of anilines is 1. The summed E-state index contributed by atoms with van der Waals surface area (Å²) in [5.74, 6) is -11.0. The van der Waals surface area contributed by atoms with E-state index in [9.17, 15) is 62.3 Å². The smallest absolute Gasteiger partial charge is 0.404 e. The molecule has 3 heterocycles. The highest BCUT2D eigenvalue weighted by atomic mass is 35.5. The Morgan fingerprint density at radius 2 is 1.55 bits per heavy atom. The van der Waals surface area contributed by atoms with E-state index < -0.39 is 162 Å². The number of halogens is 11. The number of alkyl halides is 8. The van der Waals surface area contributed by atoms with Crippen LogP contribution in [0.25, 0.3) is 22.0 Å². The minimum Gasteiger partial charge on any atom is -0.404 e. The molecule has 0 spiro atoms. The molecule has 1 amide bonds. The second-order valence-corrected chi connectivity index (χ2v) is 28.1. The van der Waals surface area contributed by atoms with Crippen LogP contribution in [0.1, 0.15) is 105 Å². The predicted octanol–water partition coefficient (Wildman–Crippen LogP) is 11.2. The summed E-state index contributed by atoms with van der Waals surface area (Å²) in [6, 6.07) is 10.1. The molecule has 6 aromatic rings. The summed E-state index contributed by atoms with van der Waals surface area (Å²) in [7, 11) is -13.9. The highest BCUT2D eigenvalue weighted by Gasteiger charge is 2.63. The van der Waals surface area contributed by atoms with E-state index in [1.165, 1.54) is 77.1 Å². The zero-order valence-corrected chi connectivity index (χ0v) is 48.0. The highest BCUT2D eigenvalue weighted by Crippen LogP contribution is 2.64. The molecule has 0 aliphatic heterocycles. The van der Waals surface area contributed by atoms with Crippen LogP contribution in [0.4, 0.5) is 49.7 Å². The number of sulfonamides is 1. The van der Waals surface area contributed by atoms with Crippen molar-refractivity contribution in [3.63, 3.8) is 0 Å². The molecule has 4 atom stereocenters. The minimum atomic E-state index is -5.20. The third-order valence-corrected chi connectivity index (χ3v) is 18.8. The minimum absolute atomic E-state index is 0.00310. The van der Waals surface area contributed by atoms with Crippen LogP contribution >= 0.6 is 19.4 Å². The second kappa shape index (κ2) is 21.8. The van der Waals surface area contributed by atoms with E-state index in [1.807, 2.05) is 0 Å². The average molecular weight is 1240 g/mol. The van der Waals surface area contributed by atoms with Crippen molar-refractivity contribution in [1.29, 1.82) is 0 Å². The molecule has 2 unspecified atom stereocenters. The van der Waals surface area contributed by atoms with E-state index in [4.69, 9.17) is 21.1 Å². The van der Waals surface area contributed by atoms with Crippen molar-refractivity contribution in [2.45, 2.75) is 127 Å². The van der Waals surface area contributed by atoms with Crippen LogP contribution in [0.2, 0.25) is 5.02 Å². The van der Waals surface area contributed by atoms with Crippen LogP contribution in [0.15, 0.2) is 66.7 Å². The van der Waals surface area contributed by atoms with Gasteiger partial charge in [0.25, 0.3) is 5.92 Å². The standard InChI is InChI=1S/C52H55ClF10N7O9PS2/c1-27(25-68-45-40(44(66-68)52(61,62)63)35-14-16-36(35)51(45,59)60)64-38(22-28-20-30(54)23-31(55)21-28)42-33(13-12-32(65-42)18-19-49(4,5)81(6,75)76)34-15-17-37(53)41-43(34)69(26-50(56,57)58)67-46(41)70(82(7,77)78)47(71)48(2,3)24-29-10-8-9-11-39(29)79-80(72,73)74/h8-13,15,17,20-21,23,27,35-36,38,64H,14,16,18-19,22,24-26H2,1-7H3,(H2,72,73,74)/t27?,35?,36-,38+/m1/s1. The molecular weight excluding hydrogens is 1190 g/mol. The number of rotatable bonds is 20. The fourth-order valence-corrected chi connectivity index (χ4v) is 12.7. The van der Waals surface area contributed by atoms with Gasteiger partial charge in [-0.1, -0.05) is 55.8 Å². The van der Waals surface area contributed by atoms with Crippen LogP contribution in [-0.4, -0.2) is 86.6 Å². The van der Waals surface area contributed by atoms with Crippen molar-refractivity contribution in [1.82, 2.24) is 29.9 Å². The third-order valence-electron chi connectivity index (χ3n) is 14.8. The molecule has 446 valence electrons.